The number of sulfonamides is 1. The van der Waals surface area contributed by atoms with E-state index in [-0.39, 0.29) is 22.7 Å². The highest BCUT2D eigenvalue weighted by Crippen LogP contribution is 2.29. The Morgan fingerprint density at radius 3 is 2.36 bits per heavy atom. The Morgan fingerprint density at radius 2 is 1.75 bits per heavy atom. The van der Waals surface area contributed by atoms with E-state index in [2.05, 4.69) is 0 Å². The van der Waals surface area contributed by atoms with Gasteiger partial charge in [0.1, 0.15) is 6.04 Å². The molecule has 28 heavy (non-hydrogen) atoms. The Balaban J connectivity index is 1.68. The lowest BCUT2D eigenvalue weighted by Crippen LogP contribution is -2.50. The largest absolute Gasteiger partial charge is 0.466 e. The lowest BCUT2D eigenvalue weighted by Gasteiger charge is -2.34. The quantitative estimate of drug-likeness (QED) is 0.672. The SMILES string of the molecule is CCOC(=O)C1CCN(C(=O)[C@@H]2CCCN2S(=O)(=O)c2ccc(Cl)cc2)CC1. The second-order valence-electron chi connectivity index (χ2n) is 7.08. The van der Waals surface area contributed by atoms with Gasteiger partial charge < -0.3 is 9.64 Å². The number of rotatable bonds is 5. The van der Waals surface area contributed by atoms with Gasteiger partial charge in [0.15, 0.2) is 0 Å². The normalized spacial score (nSPS) is 21.6. The Labute approximate surface area is 170 Å². The first kappa shape index (κ1) is 21.1. The topological polar surface area (TPSA) is 84.0 Å². The van der Waals surface area contributed by atoms with E-state index in [0.717, 1.165) is 0 Å². The molecule has 1 amide bonds. The van der Waals surface area contributed by atoms with E-state index in [9.17, 15) is 18.0 Å². The molecule has 0 aromatic heterocycles. The van der Waals surface area contributed by atoms with Crippen molar-refractivity contribution >= 4 is 33.5 Å². The average Bonchev–Trinajstić information content (AvgIpc) is 3.19. The maximum atomic E-state index is 13.0. The van der Waals surface area contributed by atoms with Gasteiger partial charge in [-0.05, 0) is 56.9 Å². The smallest absolute Gasteiger partial charge is 0.309 e. The molecule has 1 aromatic rings. The molecule has 2 fully saturated rings. The van der Waals surface area contributed by atoms with Gasteiger partial charge in [0, 0.05) is 24.7 Å². The molecule has 2 aliphatic heterocycles. The first-order valence-corrected chi connectivity index (χ1v) is 11.4. The van der Waals surface area contributed by atoms with Crippen LogP contribution in [0.1, 0.15) is 32.6 Å². The predicted molar refractivity (Wildman–Crippen MR) is 104 cm³/mol. The van der Waals surface area contributed by atoms with Crippen LogP contribution in [0, 0.1) is 5.92 Å². The zero-order valence-corrected chi connectivity index (χ0v) is 17.4. The molecule has 1 atom stereocenters. The van der Waals surface area contributed by atoms with Gasteiger partial charge in [-0.3, -0.25) is 9.59 Å². The maximum absolute atomic E-state index is 13.0. The Morgan fingerprint density at radius 1 is 1.11 bits per heavy atom. The Hall–Kier alpha value is -1.64. The van der Waals surface area contributed by atoms with Crippen LogP contribution in [0.4, 0.5) is 0 Å². The molecule has 154 valence electrons. The van der Waals surface area contributed by atoms with Crippen molar-refractivity contribution in [1.82, 2.24) is 9.21 Å². The summed E-state index contributed by atoms with van der Waals surface area (Å²) in [6, 6.07) is 5.29. The molecular formula is C19H25ClN2O5S. The number of piperidine rings is 1. The van der Waals surface area contributed by atoms with Crippen LogP contribution < -0.4 is 0 Å². The highest BCUT2D eigenvalue weighted by molar-refractivity contribution is 7.89. The number of esters is 1. The van der Waals surface area contributed by atoms with Crippen molar-refractivity contribution in [2.45, 2.75) is 43.5 Å². The molecule has 0 aliphatic carbocycles. The van der Waals surface area contributed by atoms with Crippen molar-refractivity contribution in [3.63, 3.8) is 0 Å². The van der Waals surface area contributed by atoms with Gasteiger partial charge in [-0.1, -0.05) is 11.6 Å². The Bertz CT molecular complexity index is 819. The molecule has 9 heteroatoms. The minimum absolute atomic E-state index is 0.137. The molecule has 0 N–H and O–H groups in total. The summed E-state index contributed by atoms with van der Waals surface area (Å²) in [6.07, 6.45) is 2.23. The summed E-state index contributed by atoms with van der Waals surface area (Å²) < 4.78 is 32.4. The molecule has 7 nitrogen and oxygen atoms in total. The van der Waals surface area contributed by atoms with E-state index in [1.165, 1.54) is 28.6 Å². The fourth-order valence-electron chi connectivity index (χ4n) is 3.82. The number of amides is 1. The molecule has 1 aromatic carbocycles. The summed E-state index contributed by atoms with van der Waals surface area (Å²) in [5, 5.41) is 0.456. The highest BCUT2D eigenvalue weighted by atomic mass is 35.5. The van der Waals surface area contributed by atoms with Gasteiger partial charge >= 0.3 is 5.97 Å². The zero-order valence-electron chi connectivity index (χ0n) is 15.8. The molecule has 2 heterocycles. The van der Waals surface area contributed by atoms with Gasteiger partial charge in [-0.15, -0.1) is 0 Å². The third kappa shape index (κ3) is 4.34. The first-order chi connectivity index (χ1) is 13.3. The zero-order chi connectivity index (χ0) is 20.3. The lowest BCUT2D eigenvalue weighted by atomic mass is 9.96. The number of carbonyl (C=O) groups excluding carboxylic acids is 2. The fraction of sp³-hybridized carbons (Fsp3) is 0.579. The number of ether oxygens (including phenoxy) is 1. The summed E-state index contributed by atoms with van der Waals surface area (Å²) in [6.45, 7) is 3.31. The molecule has 2 saturated heterocycles. The molecule has 0 bridgehead atoms. The second-order valence-corrected chi connectivity index (χ2v) is 9.41. The second kappa shape index (κ2) is 8.80. The monoisotopic (exact) mass is 428 g/mol. The lowest BCUT2D eigenvalue weighted by molar-refractivity contribution is -0.151. The third-order valence-electron chi connectivity index (χ3n) is 5.34. The molecule has 2 aliphatic rings. The number of hydrogen-bond acceptors (Lipinski definition) is 5. The van der Waals surface area contributed by atoms with E-state index in [1.807, 2.05) is 0 Å². The molecule has 3 rings (SSSR count). The van der Waals surface area contributed by atoms with Crippen LogP contribution in [-0.2, 0) is 24.3 Å². The standard InChI is InChI=1S/C19H25ClN2O5S/c1-2-27-19(24)14-9-12-21(13-10-14)18(23)17-4-3-11-22(17)28(25,26)16-7-5-15(20)6-8-16/h5-8,14,17H,2-4,9-13H2,1H3/t17-/m0/s1. The molecular weight excluding hydrogens is 404 g/mol. The van der Waals surface area contributed by atoms with E-state index in [1.54, 1.807) is 11.8 Å². The number of hydrogen-bond donors (Lipinski definition) is 0. The predicted octanol–water partition coefficient (Wildman–Crippen LogP) is 2.29. The molecule has 0 saturated carbocycles. The van der Waals surface area contributed by atoms with Gasteiger partial charge in [0.05, 0.1) is 17.4 Å². The van der Waals surface area contributed by atoms with Gasteiger partial charge in [0.25, 0.3) is 0 Å². The van der Waals surface area contributed by atoms with Crippen LogP contribution >= 0.6 is 11.6 Å². The summed E-state index contributed by atoms with van der Waals surface area (Å²) in [5.74, 6) is -0.596. The summed E-state index contributed by atoms with van der Waals surface area (Å²) in [5.41, 5.74) is 0. The summed E-state index contributed by atoms with van der Waals surface area (Å²) >= 11 is 5.85. The van der Waals surface area contributed by atoms with Crippen LogP contribution in [0.5, 0.6) is 0 Å². The van der Waals surface area contributed by atoms with E-state index < -0.39 is 16.1 Å². The minimum Gasteiger partial charge on any atom is -0.466 e. The van der Waals surface area contributed by atoms with Gasteiger partial charge in [-0.2, -0.15) is 4.31 Å². The van der Waals surface area contributed by atoms with Crippen molar-refractivity contribution in [3.8, 4) is 0 Å². The van der Waals surface area contributed by atoms with Gasteiger partial charge in [0.2, 0.25) is 15.9 Å². The third-order valence-corrected chi connectivity index (χ3v) is 7.51. The fourth-order valence-corrected chi connectivity index (χ4v) is 5.60. The van der Waals surface area contributed by atoms with Crippen LogP contribution in [-0.4, -0.2) is 61.8 Å². The van der Waals surface area contributed by atoms with Crippen LogP contribution in [0.2, 0.25) is 5.02 Å². The van der Waals surface area contributed by atoms with E-state index in [4.69, 9.17) is 16.3 Å². The van der Waals surface area contributed by atoms with Crippen LogP contribution in [0.25, 0.3) is 0 Å². The maximum Gasteiger partial charge on any atom is 0.309 e. The minimum atomic E-state index is -3.77. The molecule has 0 radical (unpaired) electrons. The molecule has 0 spiro atoms. The van der Waals surface area contributed by atoms with Crippen molar-refractivity contribution in [1.29, 1.82) is 0 Å². The number of nitrogens with zero attached hydrogens (tertiary/aromatic N) is 2. The van der Waals surface area contributed by atoms with Crippen molar-refractivity contribution in [2.75, 3.05) is 26.2 Å². The van der Waals surface area contributed by atoms with Crippen molar-refractivity contribution in [3.05, 3.63) is 29.3 Å². The number of benzene rings is 1. The number of carbonyl (C=O) groups is 2. The number of likely N-dealkylation sites (tertiary alicyclic amines) is 1. The van der Waals surface area contributed by atoms with Crippen molar-refractivity contribution in [2.24, 2.45) is 5.92 Å². The van der Waals surface area contributed by atoms with Crippen LogP contribution in [0.15, 0.2) is 29.2 Å². The summed E-state index contributed by atoms with van der Waals surface area (Å²) in [4.78, 5) is 26.7. The van der Waals surface area contributed by atoms with Gasteiger partial charge in [-0.25, -0.2) is 8.42 Å². The molecule has 0 unspecified atom stereocenters. The van der Waals surface area contributed by atoms with E-state index in [0.29, 0.717) is 56.9 Å². The highest BCUT2D eigenvalue weighted by Gasteiger charge is 2.42. The van der Waals surface area contributed by atoms with E-state index >= 15 is 0 Å². The van der Waals surface area contributed by atoms with Crippen LogP contribution in [0.3, 0.4) is 0 Å². The Kier molecular flexibility index (Phi) is 6.62. The summed E-state index contributed by atoms with van der Waals surface area (Å²) in [7, 11) is -3.77. The average molecular weight is 429 g/mol. The number of halogens is 1. The first-order valence-electron chi connectivity index (χ1n) is 9.57. The van der Waals surface area contributed by atoms with Crippen molar-refractivity contribution < 1.29 is 22.7 Å².